The maximum Gasteiger partial charge on any atom is 0.267 e. The molecule has 1 aromatic carbocycles. The molecule has 2 N–H and O–H groups in total. The van der Waals surface area contributed by atoms with E-state index in [0.29, 0.717) is 11.7 Å². The van der Waals surface area contributed by atoms with Crippen LogP contribution in [-0.4, -0.2) is 10.1 Å². The second-order valence-electron chi connectivity index (χ2n) is 5.80. The highest BCUT2D eigenvalue weighted by Gasteiger charge is 2.39. The van der Waals surface area contributed by atoms with Gasteiger partial charge < -0.3 is 15.0 Å². The van der Waals surface area contributed by atoms with E-state index in [0.717, 1.165) is 37.0 Å². The third kappa shape index (κ3) is 3.25. The molecular formula is C16H22ClN3O2. The maximum atomic E-state index is 6.23. The van der Waals surface area contributed by atoms with Crippen LogP contribution in [-0.2, 0) is 5.54 Å². The monoisotopic (exact) mass is 323 g/mol. The number of nitrogens with zero attached hydrogens (tertiary/aromatic N) is 2. The summed E-state index contributed by atoms with van der Waals surface area (Å²) in [5.74, 6) is 1.92. The highest BCUT2D eigenvalue weighted by Crippen LogP contribution is 2.37. The first-order valence-corrected chi connectivity index (χ1v) is 7.47. The van der Waals surface area contributed by atoms with E-state index in [-0.39, 0.29) is 18.5 Å². The van der Waals surface area contributed by atoms with Gasteiger partial charge in [-0.15, -0.1) is 12.4 Å². The third-order valence-electron chi connectivity index (χ3n) is 4.05. The fraction of sp³-hybridized carbons (Fsp3) is 0.500. The average Bonchev–Trinajstić information content (AvgIpc) is 2.92. The Labute approximate surface area is 136 Å². The molecule has 1 unspecified atom stereocenters. The van der Waals surface area contributed by atoms with Crippen LogP contribution in [0.25, 0.3) is 0 Å². The molecule has 2 aromatic rings. The Hall–Kier alpha value is -1.59. The molecule has 1 aromatic heterocycles. The van der Waals surface area contributed by atoms with Crippen LogP contribution in [0.2, 0.25) is 0 Å². The number of halogens is 1. The summed E-state index contributed by atoms with van der Waals surface area (Å²) in [5.41, 5.74) is 6.98. The van der Waals surface area contributed by atoms with Gasteiger partial charge in [0.1, 0.15) is 5.75 Å². The number of aromatic nitrogens is 2. The summed E-state index contributed by atoms with van der Waals surface area (Å²) in [5, 5.41) is 4.05. The second kappa shape index (κ2) is 6.67. The Bertz CT molecular complexity index is 625. The summed E-state index contributed by atoms with van der Waals surface area (Å²) in [6, 6.07) is 7.94. The number of nitrogens with two attached hydrogens (primary N) is 1. The minimum atomic E-state index is -0.399. The SMILES string of the molecule is CCC(Oc1cccc(C)c1)c1nc(C2(N)CCC2)no1.Cl. The van der Waals surface area contributed by atoms with Crippen LogP contribution in [0.15, 0.2) is 28.8 Å². The van der Waals surface area contributed by atoms with E-state index in [1.807, 2.05) is 38.1 Å². The predicted molar refractivity (Wildman–Crippen MR) is 86.1 cm³/mol. The number of rotatable bonds is 5. The molecule has 1 heterocycles. The molecule has 1 fully saturated rings. The van der Waals surface area contributed by atoms with E-state index in [4.69, 9.17) is 15.0 Å². The van der Waals surface area contributed by atoms with Crippen LogP contribution >= 0.6 is 12.4 Å². The zero-order valence-corrected chi connectivity index (χ0v) is 13.7. The number of hydrogen-bond donors (Lipinski definition) is 1. The van der Waals surface area contributed by atoms with Gasteiger partial charge >= 0.3 is 0 Å². The van der Waals surface area contributed by atoms with Crippen molar-refractivity contribution in [2.45, 2.75) is 51.2 Å². The van der Waals surface area contributed by atoms with Crippen LogP contribution in [0.1, 0.15) is 56.0 Å². The molecule has 120 valence electrons. The van der Waals surface area contributed by atoms with Crippen molar-refractivity contribution in [2.75, 3.05) is 0 Å². The quantitative estimate of drug-likeness (QED) is 0.908. The molecule has 0 bridgehead atoms. The molecule has 22 heavy (non-hydrogen) atoms. The molecule has 0 amide bonds. The zero-order chi connectivity index (χ0) is 14.9. The van der Waals surface area contributed by atoms with Crippen LogP contribution < -0.4 is 10.5 Å². The highest BCUT2D eigenvalue weighted by atomic mass is 35.5. The summed E-state index contributed by atoms with van der Waals surface area (Å²) in [6.45, 7) is 4.07. The van der Waals surface area contributed by atoms with Crippen molar-refractivity contribution < 1.29 is 9.26 Å². The van der Waals surface area contributed by atoms with E-state index in [9.17, 15) is 0 Å². The van der Waals surface area contributed by atoms with Gasteiger partial charge in [-0.2, -0.15) is 4.98 Å². The summed E-state index contributed by atoms with van der Waals surface area (Å²) in [7, 11) is 0. The van der Waals surface area contributed by atoms with Gasteiger partial charge in [-0.25, -0.2) is 0 Å². The Morgan fingerprint density at radius 1 is 1.41 bits per heavy atom. The lowest BCUT2D eigenvalue weighted by Gasteiger charge is -2.34. The van der Waals surface area contributed by atoms with E-state index in [1.54, 1.807) is 0 Å². The van der Waals surface area contributed by atoms with E-state index in [1.165, 1.54) is 0 Å². The minimum Gasteiger partial charge on any atom is -0.481 e. The van der Waals surface area contributed by atoms with Gasteiger partial charge in [0.25, 0.3) is 5.89 Å². The molecule has 0 saturated heterocycles. The summed E-state index contributed by atoms with van der Waals surface area (Å²) in [6.07, 6.45) is 3.48. The normalized spacial score (nSPS) is 17.2. The predicted octanol–water partition coefficient (Wildman–Crippen LogP) is 3.67. The standard InChI is InChI=1S/C16H21N3O2.ClH/c1-3-13(20-12-7-4-6-11(2)10-12)14-18-15(19-21-14)16(17)8-5-9-16;/h4,6-7,10,13H,3,5,8-9,17H2,1-2H3;1H. The van der Waals surface area contributed by atoms with Gasteiger partial charge in [-0.1, -0.05) is 24.2 Å². The number of aryl methyl sites for hydroxylation is 1. The van der Waals surface area contributed by atoms with Crippen molar-refractivity contribution in [1.82, 2.24) is 10.1 Å². The van der Waals surface area contributed by atoms with Crippen molar-refractivity contribution in [3.05, 3.63) is 41.5 Å². The van der Waals surface area contributed by atoms with Crippen LogP contribution in [0, 0.1) is 6.92 Å². The van der Waals surface area contributed by atoms with Gasteiger partial charge in [-0.05, 0) is 50.3 Å². The number of ether oxygens (including phenoxy) is 1. The lowest BCUT2D eigenvalue weighted by molar-refractivity contribution is 0.153. The zero-order valence-electron chi connectivity index (χ0n) is 12.9. The minimum absolute atomic E-state index is 0. The molecular weight excluding hydrogens is 302 g/mol. The van der Waals surface area contributed by atoms with Gasteiger partial charge in [0.15, 0.2) is 11.9 Å². The Morgan fingerprint density at radius 3 is 2.77 bits per heavy atom. The molecule has 0 radical (unpaired) electrons. The van der Waals surface area contributed by atoms with Crippen molar-refractivity contribution >= 4 is 12.4 Å². The first-order chi connectivity index (χ1) is 10.1. The van der Waals surface area contributed by atoms with Crippen molar-refractivity contribution in [1.29, 1.82) is 0 Å². The molecule has 1 saturated carbocycles. The van der Waals surface area contributed by atoms with Crippen molar-refractivity contribution in [2.24, 2.45) is 5.73 Å². The second-order valence-corrected chi connectivity index (χ2v) is 5.80. The largest absolute Gasteiger partial charge is 0.481 e. The first kappa shape index (κ1) is 16.8. The van der Waals surface area contributed by atoms with Crippen LogP contribution in [0.4, 0.5) is 0 Å². The van der Waals surface area contributed by atoms with Crippen LogP contribution in [0.5, 0.6) is 5.75 Å². The highest BCUT2D eigenvalue weighted by molar-refractivity contribution is 5.85. The van der Waals surface area contributed by atoms with E-state index < -0.39 is 5.54 Å². The smallest absolute Gasteiger partial charge is 0.267 e. The number of benzene rings is 1. The summed E-state index contributed by atoms with van der Waals surface area (Å²) < 4.78 is 11.3. The molecule has 5 nitrogen and oxygen atoms in total. The van der Waals surface area contributed by atoms with Gasteiger partial charge in [0.2, 0.25) is 0 Å². The molecule has 1 atom stereocenters. The Balaban J connectivity index is 0.00000176. The molecule has 3 rings (SSSR count). The van der Waals surface area contributed by atoms with Crippen molar-refractivity contribution in [3.63, 3.8) is 0 Å². The Kier molecular flexibility index (Phi) is 5.08. The molecule has 0 aliphatic heterocycles. The molecule has 1 aliphatic rings. The molecule has 0 spiro atoms. The lowest BCUT2D eigenvalue weighted by Crippen LogP contribution is -2.44. The Morgan fingerprint density at radius 2 is 2.18 bits per heavy atom. The number of hydrogen-bond acceptors (Lipinski definition) is 5. The maximum absolute atomic E-state index is 6.23. The third-order valence-corrected chi connectivity index (χ3v) is 4.05. The summed E-state index contributed by atoms with van der Waals surface area (Å²) >= 11 is 0. The fourth-order valence-electron chi connectivity index (χ4n) is 2.51. The van der Waals surface area contributed by atoms with E-state index in [2.05, 4.69) is 10.1 Å². The van der Waals surface area contributed by atoms with E-state index >= 15 is 0 Å². The van der Waals surface area contributed by atoms with Crippen LogP contribution in [0.3, 0.4) is 0 Å². The lowest BCUT2D eigenvalue weighted by atomic mass is 9.77. The molecule has 1 aliphatic carbocycles. The first-order valence-electron chi connectivity index (χ1n) is 7.47. The van der Waals surface area contributed by atoms with Gasteiger partial charge in [0, 0.05) is 0 Å². The summed E-state index contributed by atoms with van der Waals surface area (Å²) in [4.78, 5) is 4.47. The van der Waals surface area contributed by atoms with Gasteiger partial charge in [-0.3, -0.25) is 0 Å². The topological polar surface area (TPSA) is 74.2 Å². The fourth-order valence-corrected chi connectivity index (χ4v) is 2.51. The van der Waals surface area contributed by atoms with Gasteiger partial charge in [0.05, 0.1) is 5.54 Å². The van der Waals surface area contributed by atoms with Crippen molar-refractivity contribution in [3.8, 4) is 5.75 Å². The molecule has 6 heteroatoms. The average molecular weight is 324 g/mol.